The van der Waals surface area contributed by atoms with Crippen LogP contribution in [0.15, 0.2) is 17.5 Å². The van der Waals surface area contributed by atoms with E-state index in [0.717, 1.165) is 5.92 Å². The van der Waals surface area contributed by atoms with Gasteiger partial charge in [-0.3, -0.25) is 4.90 Å². The predicted octanol–water partition coefficient (Wildman–Crippen LogP) is 2.87. The Bertz CT molecular complexity index is 356. The first-order valence-electron chi connectivity index (χ1n) is 6.78. The van der Waals surface area contributed by atoms with E-state index in [1.165, 1.54) is 32.4 Å². The van der Waals surface area contributed by atoms with Gasteiger partial charge in [0, 0.05) is 23.5 Å². The summed E-state index contributed by atoms with van der Waals surface area (Å²) in [5, 5.41) is 2.21. The summed E-state index contributed by atoms with van der Waals surface area (Å²) in [6, 6.07) is 5.54. The Morgan fingerprint density at radius 3 is 2.71 bits per heavy atom. The minimum atomic E-state index is 0.350. The zero-order valence-corrected chi connectivity index (χ0v) is 11.3. The third-order valence-electron chi connectivity index (χ3n) is 4.30. The number of thiophene rings is 1. The zero-order chi connectivity index (χ0) is 11.8. The standard InChI is InChI=1S/C14H22N2S/c1-10(15)12-6-7-16(9-12)14(11-4-5-11)13-3-2-8-17-13/h2-3,8,10-12,14H,4-7,9,15H2,1H3. The maximum absolute atomic E-state index is 6.05. The smallest absolute Gasteiger partial charge is 0.0469 e. The fourth-order valence-electron chi connectivity index (χ4n) is 3.08. The minimum absolute atomic E-state index is 0.350. The molecule has 0 spiro atoms. The van der Waals surface area contributed by atoms with Crippen LogP contribution in [0, 0.1) is 11.8 Å². The molecule has 1 aromatic rings. The van der Waals surface area contributed by atoms with Gasteiger partial charge in [0.1, 0.15) is 0 Å². The van der Waals surface area contributed by atoms with Crippen LogP contribution in [0.3, 0.4) is 0 Å². The Morgan fingerprint density at radius 1 is 1.35 bits per heavy atom. The van der Waals surface area contributed by atoms with Crippen LogP contribution in [-0.2, 0) is 0 Å². The Balaban J connectivity index is 1.73. The summed E-state index contributed by atoms with van der Waals surface area (Å²) in [5.74, 6) is 1.62. The van der Waals surface area contributed by atoms with Crippen LogP contribution in [0.1, 0.15) is 37.1 Å². The molecule has 0 radical (unpaired) electrons. The van der Waals surface area contributed by atoms with Crippen LogP contribution < -0.4 is 5.73 Å². The van der Waals surface area contributed by atoms with Crippen LogP contribution in [-0.4, -0.2) is 24.0 Å². The van der Waals surface area contributed by atoms with Crippen molar-refractivity contribution in [3.8, 4) is 0 Å². The van der Waals surface area contributed by atoms with E-state index in [-0.39, 0.29) is 0 Å². The van der Waals surface area contributed by atoms with Crippen molar-refractivity contribution in [2.45, 2.75) is 38.3 Å². The molecule has 3 rings (SSSR count). The molecule has 0 aromatic carbocycles. The van der Waals surface area contributed by atoms with E-state index in [1.807, 2.05) is 11.3 Å². The average molecular weight is 250 g/mol. The highest BCUT2D eigenvalue weighted by molar-refractivity contribution is 7.10. The van der Waals surface area contributed by atoms with Gasteiger partial charge >= 0.3 is 0 Å². The van der Waals surface area contributed by atoms with E-state index in [4.69, 9.17) is 5.73 Å². The van der Waals surface area contributed by atoms with Gasteiger partial charge in [-0.15, -0.1) is 11.3 Å². The van der Waals surface area contributed by atoms with E-state index in [9.17, 15) is 0 Å². The summed E-state index contributed by atoms with van der Waals surface area (Å²) >= 11 is 1.92. The zero-order valence-electron chi connectivity index (χ0n) is 10.5. The molecular weight excluding hydrogens is 228 g/mol. The van der Waals surface area contributed by atoms with E-state index in [2.05, 4.69) is 29.3 Å². The first-order valence-corrected chi connectivity index (χ1v) is 7.66. The average Bonchev–Trinajstić information content (AvgIpc) is 2.83. The summed E-state index contributed by atoms with van der Waals surface area (Å²) < 4.78 is 0. The lowest BCUT2D eigenvalue weighted by Gasteiger charge is -2.27. The molecule has 0 bridgehead atoms. The predicted molar refractivity (Wildman–Crippen MR) is 73.1 cm³/mol. The second kappa shape index (κ2) is 4.71. The number of nitrogens with two attached hydrogens (primary N) is 1. The van der Waals surface area contributed by atoms with Crippen LogP contribution in [0.25, 0.3) is 0 Å². The summed E-state index contributed by atoms with van der Waals surface area (Å²) in [5.41, 5.74) is 6.05. The monoisotopic (exact) mass is 250 g/mol. The van der Waals surface area contributed by atoms with Crippen LogP contribution in [0.2, 0.25) is 0 Å². The fraction of sp³-hybridized carbons (Fsp3) is 0.714. The lowest BCUT2D eigenvalue weighted by Crippen LogP contribution is -2.32. The molecular formula is C14H22N2S. The second-order valence-electron chi connectivity index (χ2n) is 5.70. The van der Waals surface area contributed by atoms with Gasteiger partial charge in [-0.1, -0.05) is 6.07 Å². The van der Waals surface area contributed by atoms with Gasteiger partial charge in [0.05, 0.1) is 0 Å². The van der Waals surface area contributed by atoms with Crippen molar-refractivity contribution < 1.29 is 0 Å². The molecule has 1 saturated carbocycles. The number of likely N-dealkylation sites (tertiary alicyclic amines) is 1. The highest BCUT2D eigenvalue weighted by Crippen LogP contribution is 2.47. The van der Waals surface area contributed by atoms with Crippen LogP contribution in [0.4, 0.5) is 0 Å². The molecule has 1 aliphatic carbocycles. The minimum Gasteiger partial charge on any atom is -0.328 e. The molecule has 2 aliphatic rings. The van der Waals surface area contributed by atoms with Gasteiger partial charge in [-0.25, -0.2) is 0 Å². The topological polar surface area (TPSA) is 29.3 Å². The van der Waals surface area contributed by atoms with Crippen molar-refractivity contribution in [2.24, 2.45) is 17.6 Å². The van der Waals surface area contributed by atoms with Gasteiger partial charge in [-0.05, 0) is 56.0 Å². The molecule has 1 saturated heterocycles. The molecule has 3 heteroatoms. The number of rotatable bonds is 4. The van der Waals surface area contributed by atoms with Gasteiger partial charge in [0.2, 0.25) is 0 Å². The number of nitrogens with zero attached hydrogens (tertiary/aromatic N) is 1. The highest BCUT2D eigenvalue weighted by atomic mass is 32.1. The van der Waals surface area contributed by atoms with Crippen molar-refractivity contribution in [3.05, 3.63) is 22.4 Å². The molecule has 2 heterocycles. The van der Waals surface area contributed by atoms with Gasteiger partial charge in [0.15, 0.2) is 0 Å². The van der Waals surface area contributed by atoms with Crippen molar-refractivity contribution in [3.63, 3.8) is 0 Å². The van der Waals surface area contributed by atoms with Gasteiger partial charge < -0.3 is 5.73 Å². The lowest BCUT2D eigenvalue weighted by atomic mass is 10.0. The number of hydrogen-bond acceptors (Lipinski definition) is 3. The number of hydrogen-bond donors (Lipinski definition) is 1. The summed E-state index contributed by atoms with van der Waals surface area (Å²) in [4.78, 5) is 4.26. The van der Waals surface area contributed by atoms with Crippen LogP contribution >= 0.6 is 11.3 Å². The third-order valence-corrected chi connectivity index (χ3v) is 5.24. The maximum atomic E-state index is 6.05. The van der Waals surface area contributed by atoms with E-state index >= 15 is 0 Å². The molecule has 2 fully saturated rings. The molecule has 2 nitrogen and oxygen atoms in total. The molecule has 3 unspecified atom stereocenters. The second-order valence-corrected chi connectivity index (χ2v) is 6.68. The van der Waals surface area contributed by atoms with E-state index < -0.39 is 0 Å². The molecule has 3 atom stereocenters. The van der Waals surface area contributed by atoms with Crippen molar-refractivity contribution in [1.29, 1.82) is 0 Å². The molecule has 17 heavy (non-hydrogen) atoms. The molecule has 2 N–H and O–H groups in total. The summed E-state index contributed by atoms with van der Waals surface area (Å²) in [6.07, 6.45) is 4.12. The summed E-state index contributed by atoms with van der Waals surface area (Å²) in [6.45, 7) is 4.60. The Kier molecular flexibility index (Phi) is 3.24. The normalized spacial score (nSPS) is 29.4. The Hall–Kier alpha value is -0.380. The van der Waals surface area contributed by atoms with Crippen molar-refractivity contribution in [1.82, 2.24) is 4.90 Å². The molecule has 0 amide bonds. The first-order chi connectivity index (χ1) is 8.25. The third kappa shape index (κ3) is 2.42. The fourth-order valence-corrected chi connectivity index (χ4v) is 4.03. The summed E-state index contributed by atoms with van der Waals surface area (Å²) in [7, 11) is 0. The Morgan fingerprint density at radius 2 is 2.18 bits per heavy atom. The van der Waals surface area contributed by atoms with Crippen molar-refractivity contribution in [2.75, 3.05) is 13.1 Å². The lowest BCUT2D eigenvalue weighted by molar-refractivity contribution is 0.213. The molecule has 94 valence electrons. The van der Waals surface area contributed by atoms with Gasteiger partial charge in [0.25, 0.3) is 0 Å². The first kappa shape index (κ1) is 11.7. The quantitative estimate of drug-likeness (QED) is 0.890. The SMILES string of the molecule is CC(N)C1CCN(C(c2cccs2)C2CC2)C1. The van der Waals surface area contributed by atoms with Gasteiger partial charge in [-0.2, -0.15) is 0 Å². The highest BCUT2D eigenvalue weighted by Gasteiger charge is 2.40. The van der Waals surface area contributed by atoms with Crippen molar-refractivity contribution >= 4 is 11.3 Å². The van der Waals surface area contributed by atoms with E-state index in [0.29, 0.717) is 18.0 Å². The Labute approximate surface area is 108 Å². The maximum Gasteiger partial charge on any atom is 0.0469 e. The molecule has 1 aromatic heterocycles. The van der Waals surface area contributed by atoms with Crippen LogP contribution in [0.5, 0.6) is 0 Å². The van der Waals surface area contributed by atoms with E-state index in [1.54, 1.807) is 4.88 Å². The largest absolute Gasteiger partial charge is 0.328 e. The molecule has 1 aliphatic heterocycles.